The molecule has 0 aliphatic carbocycles. The summed E-state index contributed by atoms with van der Waals surface area (Å²) in [5.74, 6) is 0. The number of benzene rings is 1. The highest BCUT2D eigenvalue weighted by Gasteiger charge is 2.09. The molecule has 1 heterocycles. The maximum absolute atomic E-state index is 9.02. The number of rotatable bonds is 2. The molecule has 5 heteroatoms. The second-order valence-corrected chi connectivity index (χ2v) is 4.11. The van der Waals surface area contributed by atoms with Gasteiger partial charge in [-0.2, -0.15) is 0 Å². The zero-order valence-corrected chi connectivity index (χ0v) is 9.27. The molecular weight excluding hydrogens is 246 g/mol. The summed E-state index contributed by atoms with van der Waals surface area (Å²) >= 11 is 3.37. The van der Waals surface area contributed by atoms with Crippen LogP contribution in [-0.2, 0) is 0 Å². The molecule has 74 valence electrons. The number of halogens is 1. The Morgan fingerprint density at radius 2 is 2.36 bits per heavy atom. The van der Waals surface area contributed by atoms with Crippen LogP contribution in [0.25, 0.3) is 11.0 Å². The Labute approximate surface area is 89.7 Å². The van der Waals surface area contributed by atoms with Gasteiger partial charge in [-0.3, -0.25) is 0 Å². The highest BCUT2D eigenvalue weighted by molar-refractivity contribution is 9.10. The van der Waals surface area contributed by atoms with Crippen LogP contribution < -0.4 is 0 Å². The Morgan fingerprint density at radius 1 is 1.57 bits per heavy atom. The van der Waals surface area contributed by atoms with Crippen LogP contribution in [0.1, 0.15) is 13.0 Å². The Bertz CT molecular complexity index is 454. The SMILES string of the molecule is CC(CO)n1nnc2cc(Br)ccc21. The second-order valence-electron chi connectivity index (χ2n) is 3.20. The number of aliphatic hydroxyl groups excluding tert-OH is 1. The van der Waals surface area contributed by atoms with Crippen molar-refractivity contribution < 1.29 is 5.11 Å². The average Bonchev–Trinajstić information content (AvgIpc) is 2.59. The van der Waals surface area contributed by atoms with Crippen LogP contribution in [-0.4, -0.2) is 26.7 Å². The van der Waals surface area contributed by atoms with Gasteiger partial charge in [0.25, 0.3) is 0 Å². The van der Waals surface area contributed by atoms with Gasteiger partial charge < -0.3 is 5.11 Å². The van der Waals surface area contributed by atoms with Gasteiger partial charge in [0, 0.05) is 4.47 Å². The van der Waals surface area contributed by atoms with E-state index in [1.165, 1.54) is 0 Å². The smallest absolute Gasteiger partial charge is 0.114 e. The van der Waals surface area contributed by atoms with Gasteiger partial charge in [0.1, 0.15) is 5.52 Å². The Hall–Kier alpha value is -0.940. The van der Waals surface area contributed by atoms with E-state index < -0.39 is 0 Å². The highest BCUT2D eigenvalue weighted by Crippen LogP contribution is 2.19. The molecule has 4 nitrogen and oxygen atoms in total. The first-order valence-electron chi connectivity index (χ1n) is 4.33. The minimum Gasteiger partial charge on any atom is -0.394 e. The summed E-state index contributed by atoms with van der Waals surface area (Å²) in [5.41, 5.74) is 1.77. The van der Waals surface area contributed by atoms with Crippen LogP contribution in [0.4, 0.5) is 0 Å². The number of hydrogen-bond donors (Lipinski definition) is 1. The third-order valence-electron chi connectivity index (χ3n) is 2.11. The van der Waals surface area contributed by atoms with Crippen molar-refractivity contribution in [3.8, 4) is 0 Å². The third-order valence-corrected chi connectivity index (χ3v) is 2.61. The lowest BCUT2D eigenvalue weighted by atomic mass is 10.3. The summed E-state index contributed by atoms with van der Waals surface area (Å²) in [5, 5.41) is 17.0. The lowest BCUT2D eigenvalue weighted by Gasteiger charge is -2.07. The largest absolute Gasteiger partial charge is 0.394 e. The van der Waals surface area contributed by atoms with Crippen molar-refractivity contribution in [2.24, 2.45) is 0 Å². The van der Waals surface area contributed by atoms with Crippen LogP contribution in [0, 0.1) is 0 Å². The molecule has 2 aromatic rings. The van der Waals surface area contributed by atoms with Crippen LogP contribution in [0.15, 0.2) is 22.7 Å². The van der Waals surface area contributed by atoms with Crippen molar-refractivity contribution in [2.75, 3.05) is 6.61 Å². The molecule has 0 spiro atoms. The van der Waals surface area contributed by atoms with Crippen molar-refractivity contribution >= 4 is 27.0 Å². The fourth-order valence-electron chi connectivity index (χ4n) is 1.32. The van der Waals surface area contributed by atoms with E-state index in [1.54, 1.807) is 4.68 Å². The molecule has 0 aliphatic rings. The molecular formula is C9H10BrN3O. The van der Waals surface area contributed by atoms with E-state index in [0.717, 1.165) is 15.5 Å². The molecule has 1 atom stereocenters. The summed E-state index contributed by atoms with van der Waals surface area (Å²) in [6.45, 7) is 1.96. The maximum atomic E-state index is 9.02. The number of aromatic nitrogens is 3. The van der Waals surface area contributed by atoms with Crippen LogP contribution in [0.3, 0.4) is 0 Å². The summed E-state index contributed by atoms with van der Waals surface area (Å²) < 4.78 is 2.70. The van der Waals surface area contributed by atoms with E-state index in [-0.39, 0.29) is 12.6 Å². The van der Waals surface area contributed by atoms with E-state index in [0.29, 0.717) is 0 Å². The topological polar surface area (TPSA) is 50.9 Å². The fraction of sp³-hybridized carbons (Fsp3) is 0.333. The lowest BCUT2D eigenvalue weighted by Crippen LogP contribution is -2.10. The van der Waals surface area contributed by atoms with E-state index in [1.807, 2.05) is 25.1 Å². The van der Waals surface area contributed by atoms with Crippen molar-refractivity contribution in [1.29, 1.82) is 0 Å². The van der Waals surface area contributed by atoms with Gasteiger partial charge in [-0.15, -0.1) is 5.10 Å². The van der Waals surface area contributed by atoms with Gasteiger partial charge in [0.2, 0.25) is 0 Å². The predicted molar refractivity (Wildman–Crippen MR) is 57.0 cm³/mol. The van der Waals surface area contributed by atoms with Gasteiger partial charge in [-0.05, 0) is 25.1 Å². The molecule has 0 aliphatic heterocycles. The van der Waals surface area contributed by atoms with E-state index >= 15 is 0 Å². The second kappa shape index (κ2) is 3.67. The summed E-state index contributed by atoms with van der Waals surface area (Å²) in [6, 6.07) is 5.74. The number of hydrogen-bond acceptors (Lipinski definition) is 3. The van der Waals surface area contributed by atoms with Gasteiger partial charge in [0.05, 0.1) is 18.2 Å². The quantitative estimate of drug-likeness (QED) is 0.890. The lowest BCUT2D eigenvalue weighted by molar-refractivity contribution is 0.231. The number of fused-ring (bicyclic) bond motifs is 1. The van der Waals surface area contributed by atoms with E-state index in [4.69, 9.17) is 5.11 Å². The zero-order chi connectivity index (χ0) is 10.1. The third kappa shape index (κ3) is 1.53. The molecule has 1 N–H and O–H groups in total. The van der Waals surface area contributed by atoms with Crippen molar-refractivity contribution in [3.63, 3.8) is 0 Å². The summed E-state index contributed by atoms with van der Waals surface area (Å²) in [7, 11) is 0. The van der Waals surface area contributed by atoms with E-state index in [9.17, 15) is 0 Å². The predicted octanol–water partition coefficient (Wildman–Crippen LogP) is 1.75. The molecule has 0 saturated carbocycles. The van der Waals surface area contributed by atoms with Crippen molar-refractivity contribution in [3.05, 3.63) is 22.7 Å². The van der Waals surface area contributed by atoms with Gasteiger partial charge in [-0.1, -0.05) is 21.1 Å². The molecule has 1 unspecified atom stereocenters. The molecule has 1 aromatic heterocycles. The average molecular weight is 256 g/mol. The van der Waals surface area contributed by atoms with E-state index in [2.05, 4.69) is 26.2 Å². The van der Waals surface area contributed by atoms with Gasteiger partial charge in [0.15, 0.2) is 0 Å². The molecule has 0 radical (unpaired) electrons. The maximum Gasteiger partial charge on any atom is 0.114 e. The highest BCUT2D eigenvalue weighted by atomic mass is 79.9. The Balaban J connectivity index is 2.58. The minimum atomic E-state index is -0.0406. The monoisotopic (exact) mass is 255 g/mol. The van der Waals surface area contributed by atoms with Crippen LogP contribution >= 0.6 is 15.9 Å². The summed E-state index contributed by atoms with van der Waals surface area (Å²) in [6.07, 6.45) is 0. The fourth-order valence-corrected chi connectivity index (χ4v) is 1.67. The van der Waals surface area contributed by atoms with Gasteiger partial charge in [-0.25, -0.2) is 4.68 Å². The van der Waals surface area contributed by atoms with Crippen LogP contribution in [0.5, 0.6) is 0 Å². The van der Waals surface area contributed by atoms with Gasteiger partial charge >= 0.3 is 0 Å². The molecule has 2 rings (SSSR count). The standard InChI is InChI=1S/C9H10BrN3O/c1-6(5-14)13-9-3-2-7(10)4-8(9)11-12-13/h2-4,6,14H,5H2,1H3. The molecule has 0 bridgehead atoms. The zero-order valence-electron chi connectivity index (χ0n) is 7.68. The molecule has 0 saturated heterocycles. The Kier molecular flexibility index (Phi) is 2.52. The molecule has 1 aromatic carbocycles. The first kappa shape index (κ1) is 9.61. The first-order chi connectivity index (χ1) is 6.72. The number of nitrogens with zero attached hydrogens (tertiary/aromatic N) is 3. The normalized spacial score (nSPS) is 13.4. The molecule has 14 heavy (non-hydrogen) atoms. The van der Waals surface area contributed by atoms with Crippen LogP contribution in [0.2, 0.25) is 0 Å². The molecule has 0 fully saturated rings. The summed E-state index contributed by atoms with van der Waals surface area (Å²) in [4.78, 5) is 0. The van der Waals surface area contributed by atoms with Crippen molar-refractivity contribution in [1.82, 2.24) is 15.0 Å². The van der Waals surface area contributed by atoms with Crippen molar-refractivity contribution in [2.45, 2.75) is 13.0 Å². The number of aliphatic hydroxyl groups is 1. The Morgan fingerprint density at radius 3 is 3.07 bits per heavy atom. The molecule has 0 amide bonds. The minimum absolute atomic E-state index is 0.0406. The first-order valence-corrected chi connectivity index (χ1v) is 5.13.